The fourth-order valence-electron chi connectivity index (χ4n) is 2.35. The van der Waals surface area contributed by atoms with Crippen LogP contribution in [-0.4, -0.2) is 25.3 Å². The third-order valence-corrected chi connectivity index (χ3v) is 3.98. The Hall–Kier alpha value is -3.57. The van der Waals surface area contributed by atoms with E-state index < -0.39 is 21.9 Å². The second-order valence-corrected chi connectivity index (χ2v) is 6.03. The van der Waals surface area contributed by atoms with E-state index in [1.54, 1.807) is 29.5 Å². The van der Waals surface area contributed by atoms with E-state index in [1.807, 2.05) is 11.8 Å². The summed E-state index contributed by atoms with van der Waals surface area (Å²) >= 11 is 0. The molecule has 1 aliphatic rings. The smallest absolute Gasteiger partial charge is 0.266 e. The van der Waals surface area contributed by atoms with E-state index in [2.05, 4.69) is 16.1 Å². The van der Waals surface area contributed by atoms with Gasteiger partial charge in [0.25, 0.3) is 11.8 Å². The lowest BCUT2D eigenvalue weighted by Gasteiger charge is -2.24. The molecule has 0 spiro atoms. The molecule has 6 nitrogen and oxygen atoms in total. The van der Waals surface area contributed by atoms with Crippen LogP contribution in [-0.2, 0) is 14.4 Å². The van der Waals surface area contributed by atoms with Crippen molar-refractivity contribution in [3.05, 3.63) is 47.5 Å². The third-order valence-electron chi connectivity index (χ3n) is 3.28. The molecular weight excluding hydrogens is 342 g/mol. The number of rotatable bonds is 2. The van der Waals surface area contributed by atoms with Crippen LogP contribution >= 0.6 is 0 Å². The van der Waals surface area contributed by atoms with E-state index in [0.717, 1.165) is 0 Å². The SMILES string of the molecule is C#CC#CC#CS(=O)(=O)ON1C(=O)c2cccc3cccc(c23)C1=O. The van der Waals surface area contributed by atoms with Crippen molar-refractivity contribution in [3.63, 3.8) is 0 Å². The van der Waals surface area contributed by atoms with Gasteiger partial charge in [-0.1, -0.05) is 24.3 Å². The van der Waals surface area contributed by atoms with Crippen LogP contribution in [0.15, 0.2) is 36.4 Å². The summed E-state index contributed by atoms with van der Waals surface area (Å²) in [6.07, 6.45) is 4.88. The number of hydrogen-bond acceptors (Lipinski definition) is 5. The maximum atomic E-state index is 12.5. The number of terminal acetylenes is 1. The van der Waals surface area contributed by atoms with Crippen LogP contribution in [0.3, 0.4) is 0 Å². The van der Waals surface area contributed by atoms with E-state index in [-0.39, 0.29) is 16.2 Å². The van der Waals surface area contributed by atoms with Gasteiger partial charge in [-0.3, -0.25) is 9.59 Å². The summed E-state index contributed by atoms with van der Waals surface area (Å²) in [5.41, 5.74) is 0.311. The number of amides is 2. The predicted molar refractivity (Wildman–Crippen MR) is 88.8 cm³/mol. The number of imide groups is 1. The van der Waals surface area contributed by atoms with Crippen molar-refractivity contribution >= 4 is 32.7 Å². The number of nitrogens with zero attached hydrogens (tertiary/aromatic N) is 1. The van der Waals surface area contributed by atoms with Crippen LogP contribution in [0.5, 0.6) is 0 Å². The number of carbonyl (C=O) groups is 2. The molecule has 120 valence electrons. The van der Waals surface area contributed by atoms with Crippen LogP contribution in [0, 0.1) is 35.4 Å². The average Bonchev–Trinajstić information content (AvgIpc) is 2.60. The van der Waals surface area contributed by atoms with E-state index in [0.29, 0.717) is 10.8 Å². The Morgan fingerprint density at radius 3 is 2.08 bits per heavy atom. The normalized spacial score (nSPS) is 12.7. The van der Waals surface area contributed by atoms with Gasteiger partial charge in [-0.2, -0.15) is 8.42 Å². The molecule has 0 saturated carbocycles. The minimum Gasteiger partial charge on any atom is -0.266 e. The number of benzene rings is 2. The van der Waals surface area contributed by atoms with Crippen molar-refractivity contribution in [3.8, 4) is 35.4 Å². The van der Waals surface area contributed by atoms with Crippen molar-refractivity contribution in [1.82, 2.24) is 5.06 Å². The van der Waals surface area contributed by atoms with Gasteiger partial charge < -0.3 is 0 Å². The molecule has 2 aromatic rings. The highest BCUT2D eigenvalue weighted by atomic mass is 32.2. The molecule has 0 saturated heterocycles. The van der Waals surface area contributed by atoms with E-state index in [4.69, 9.17) is 6.42 Å². The lowest BCUT2D eigenvalue weighted by Crippen LogP contribution is -2.41. The maximum Gasteiger partial charge on any atom is 0.360 e. The molecule has 1 aliphatic heterocycles. The van der Waals surface area contributed by atoms with E-state index >= 15 is 0 Å². The average molecular weight is 349 g/mol. The molecule has 0 aliphatic carbocycles. The Morgan fingerprint density at radius 1 is 0.920 bits per heavy atom. The summed E-state index contributed by atoms with van der Waals surface area (Å²) in [6.45, 7) is 0. The zero-order chi connectivity index (χ0) is 18.0. The van der Waals surface area contributed by atoms with Gasteiger partial charge in [0.15, 0.2) is 0 Å². The predicted octanol–water partition coefficient (Wildman–Crippen LogP) is 1.29. The fourth-order valence-corrected chi connectivity index (χ4v) is 2.89. The number of hydrogen-bond donors (Lipinski definition) is 0. The quantitative estimate of drug-likeness (QED) is 0.603. The monoisotopic (exact) mass is 349 g/mol. The van der Waals surface area contributed by atoms with Gasteiger partial charge in [0.05, 0.1) is 16.4 Å². The summed E-state index contributed by atoms with van der Waals surface area (Å²) in [7, 11) is -4.55. The lowest BCUT2D eigenvalue weighted by atomic mass is 9.95. The Morgan fingerprint density at radius 2 is 1.52 bits per heavy atom. The van der Waals surface area contributed by atoms with Crippen molar-refractivity contribution in [2.45, 2.75) is 0 Å². The van der Waals surface area contributed by atoms with Crippen molar-refractivity contribution in [2.75, 3.05) is 0 Å². The standard InChI is InChI=1S/C18H7NO5S/c1-2-3-4-5-12-25(22,23)24-19-17(20)14-10-6-8-13-9-7-11-15(16(13)14)18(19)21/h1,6-11H. The molecular formula is C18H7NO5S. The van der Waals surface area contributed by atoms with Crippen molar-refractivity contribution in [2.24, 2.45) is 0 Å². The van der Waals surface area contributed by atoms with Gasteiger partial charge in [-0.15, -0.1) is 15.8 Å². The minimum atomic E-state index is -4.55. The Bertz CT molecular complexity index is 1150. The highest BCUT2D eigenvalue weighted by Crippen LogP contribution is 2.30. The largest absolute Gasteiger partial charge is 0.360 e. The van der Waals surface area contributed by atoms with Gasteiger partial charge in [0.2, 0.25) is 0 Å². The molecule has 0 aromatic heterocycles. The summed E-state index contributed by atoms with van der Waals surface area (Å²) in [4.78, 5) is 25.0. The maximum absolute atomic E-state index is 12.5. The molecule has 7 heteroatoms. The summed E-state index contributed by atoms with van der Waals surface area (Å²) < 4.78 is 28.3. The molecule has 0 unspecified atom stereocenters. The minimum absolute atomic E-state index is 0.156. The molecule has 3 rings (SSSR count). The van der Waals surface area contributed by atoms with Crippen LogP contribution in [0.25, 0.3) is 10.8 Å². The van der Waals surface area contributed by atoms with Gasteiger partial charge in [-0.05, 0) is 29.4 Å². The van der Waals surface area contributed by atoms with Gasteiger partial charge >= 0.3 is 10.1 Å². The number of hydroxylamine groups is 2. The molecule has 25 heavy (non-hydrogen) atoms. The zero-order valence-corrected chi connectivity index (χ0v) is 13.3. The first-order chi connectivity index (χ1) is 11.9. The van der Waals surface area contributed by atoms with Crippen molar-refractivity contribution < 1.29 is 22.3 Å². The molecule has 0 N–H and O–H groups in total. The lowest BCUT2D eigenvalue weighted by molar-refractivity contribution is -0.0143. The van der Waals surface area contributed by atoms with E-state index in [9.17, 15) is 18.0 Å². The second kappa shape index (κ2) is 6.14. The third kappa shape index (κ3) is 2.96. The van der Waals surface area contributed by atoms with Crippen LogP contribution in [0.4, 0.5) is 0 Å². The summed E-state index contributed by atoms with van der Waals surface area (Å²) in [5.74, 6) is 6.33. The zero-order valence-electron chi connectivity index (χ0n) is 12.4. The second-order valence-electron chi connectivity index (χ2n) is 4.76. The van der Waals surface area contributed by atoms with E-state index in [1.165, 1.54) is 12.1 Å². The van der Waals surface area contributed by atoms with Gasteiger partial charge in [-0.25, -0.2) is 0 Å². The molecule has 1 heterocycles. The van der Waals surface area contributed by atoms with Gasteiger partial charge in [0, 0.05) is 17.2 Å². The molecule has 2 aromatic carbocycles. The van der Waals surface area contributed by atoms with Crippen LogP contribution in [0.1, 0.15) is 20.7 Å². The first-order valence-electron chi connectivity index (χ1n) is 6.77. The first-order valence-corrected chi connectivity index (χ1v) is 8.18. The Kier molecular flexibility index (Phi) is 4.00. The van der Waals surface area contributed by atoms with Crippen molar-refractivity contribution in [1.29, 1.82) is 0 Å². The summed E-state index contributed by atoms with van der Waals surface area (Å²) in [6, 6.07) is 9.69. The molecule has 0 bridgehead atoms. The number of carbonyl (C=O) groups excluding carboxylic acids is 2. The van der Waals surface area contributed by atoms with Crippen LogP contribution < -0.4 is 0 Å². The highest BCUT2D eigenvalue weighted by Gasteiger charge is 2.36. The van der Waals surface area contributed by atoms with Gasteiger partial charge in [0.1, 0.15) is 0 Å². The summed E-state index contributed by atoms with van der Waals surface area (Å²) in [5, 5.41) is 3.02. The first kappa shape index (κ1) is 16.3. The fraction of sp³-hybridized carbons (Fsp3) is 0. The highest BCUT2D eigenvalue weighted by molar-refractivity contribution is 7.91. The Balaban J connectivity index is 2.03. The topological polar surface area (TPSA) is 80.8 Å². The molecule has 0 fully saturated rings. The molecule has 0 radical (unpaired) electrons. The molecule has 0 atom stereocenters. The Labute approximate surface area is 143 Å². The van der Waals surface area contributed by atoms with Crippen LogP contribution in [0.2, 0.25) is 0 Å². The molecule has 2 amide bonds.